The van der Waals surface area contributed by atoms with Gasteiger partial charge in [0.05, 0.1) is 13.2 Å². The minimum absolute atomic E-state index is 0.0821. The van der Waals surface area contributed by atoms with Crippen LogP contribution in [0.15, 0.2) is 23.1 Å². The number of nitrogens with one attached hydrogen (secondary N) is 2. The zero-order chi connectivity index (χ0) is 22.4. The van der Waals surface area contributed by atoms with E-state index < -0.39 is 32.4 Å². The van der Waals surface area contributed by atoms with Crippen LogP contribution < -0.4 is 10.6 Å². The van der Waals surface area contributed by atoms with Crippen LogP contribution in [0.25, 0.3) is 0 Å². The fraction of sp³-hybridized carbons (Fsp3) is 0.579. The van der Waals surface area contributed by atoms with Gasteiger partial charge in [0.2, 0.25) is 15.9 Å². The first-order chi connectivity index (χ1) is 14.0. The van der Waals surface area contributed by atoms with E-state index in [4.69, 9.17) is 9.47 Å². The lowest BCUT2D eigenvalue weighted by molar-refractivity contribution is -0.116. The summed E-state index contributed by atoms with van der Waals surface area (Å²) in [6.07, 6.45) is -0.136. The zero-order valence-corrected chi connectivity index (χ0v) is 18.2. The molecule has 1 fully saturated rings. The van der Waals surface area contributed by atoms with Gasteiger partial charge in [-0.2, -0.15) is 4.31 Å². The van der Waals surface area contributed by atoms with E-state index >= 15 is 0 Å². The molecule has 1 heterocycles. The summed E-state index contributed by atoms with van der Waals surface area (Å²) in [5, 5.41) is 5.10. The average molecular weight is 446 g/mol. The summed E-state index contributed by atoms with van der Waals surface area (Å²) in [5.41, 5.74) is -0.433. The molecule has 0 atom stereocenters. The first kappa shape index (κ1) is 24.0. The van der Waals surface area contributed by atoms with Crippen molar-refractivity contribution >= 4 is 27.7 Å². The number of carbonyl (C=O) groups excluding carboxylic acids is 2. The lowest BCUT2D eigenvalue weighted by Crippen LogP contribution is -2.40. The summed E-state index contributed by atoms with van der Waals surface area (Å²) < 4.78 is 50.9. The SMILES string of the molecule is CC(C)(C)OC(=O)NCCCC(=O)Nc1ccc(F)c(S(=O)(=O)N2CCOCC2)c1. The molecule has 0 spiro atoms. The minimum atomic E-state index is -4.03. The number of hydrogen-bond acceptors (Lipinski definition) is 6. The Morgan fingerprint density at radius 3 is 2.53 bits per heavy atom. The third-order valence-electron chi connectivity index (χ3n) is 4.05. The van der Waals surface area contributed by atoms with Gasteiger partial charge in [0.1, 0.15) is 16.3 Å². The van der Waals surface area contributed by atoms with Gasteiger partial charge in [-0.05, 0) is 45.4 Å². The van der Waals surface area contributed by atoms with Crippen molar-refractivity contribution in [2.24, 2.45) is 0 Å². The van der Waals surface area contributed by atoms with E-state index in [-0.39, 0.29) is 50.9 Å². The maximum atomic E-state index is 14.2. The van der Waals surface area contributed by atoms with Crippen molar-refractivity contribution in [1.82, 2.24) is 9.62 Å². The molecule has 9 nitrogen and oxygen atoms in total. The van der Waals surface area contributed by atoms with E-state index in [1.165, 1.54) is 6.07 Å². The fourth-order valence-electron chi connectivity index (χ4n) is 2.68. The minimum Gasteiger partial charge on any atom is -0.444 e. The van der Waals surface area contributed by atoms with Gasteiger partial charge in [-0.3, -0.25) is 4.79 Å². The lowest BCUT2D eigenvalue weighted by atomic mass is 10.2. The number of carbonyl (C=O) groups is 2. The molecule has 0 radical (unpaired) electrons. The standard InChI is InChI=1S/C19H28FN3O6S/c1-19(2,3)29-18(25)21-8-4-5-17(24)22-14-6-7-15(20)16(13-14)30(26,27)23-9-11-28-12-10-23/h6-7,13H,4-5,8-12H2,1-3H3,(H,21,25)(H,22,24). The van der Waals surface area contributed by atoms with Gasteiger partial charge >= 0.3 is 6.09 Å². The van der Waals surface area contributed by atoms with Crippen LogP contribution in [-0.2, 0) is 24.3 Å². The predicted octanol–water partition coefficient (Wildman–Crippen LogP) is 2.09. The topological polar surface area (TPSA) is 114 Å². The monoisotopic (exact) mass is 445 g/mol. The highest BCUT2D eigenvalue weighted by Crippen LogP contribution is 2.24. The van der Waals surface area contributed by atoms with Gasteiger partial charge in [-0.15, -0.1) is 0 Å². The first-order valence-electron chi connectivity index (χ1n) is 9.63. The number of amides is 2. The third kappa shape index (κ3) is 7.22. The van der Waals surface area contributed by atoms with Gasteiger partial charge in [0, 0.05) is 31.7 Å². The molecule has 168 valence electrons. The summed E-state index contributed by atoms with van der Waals surface area (Å²) in [6.45, 7) is 6.25. The smallest absolute Gasteiger partial charge is 0.407 e. The number of alkyl carbamates (subject to hydrolysis) is 1. The summed E-state index contributed by atoms with van der Waals surface area (Å²) in [5.74, 6) is -1.27. The van der Waals surface area contributed by atoms with Crippen molar-refractivity contribution in [3.05, 3.63) is 24.0 Å². The van der Waals surface area contributed by atoms with Gasteiger partial charge in [0.15, 0.2) is 0 Å². The summed E-state index contributed by atoms with van der Waals surface area (Å²) >= 11 is 0. The van der Waals surface area contributed by atoms with E-state index in [1.54, 1.807) is 20.8 Å². The molecule has 30 heavy (non-hydrogen) atoms. The van der Waals surface area contributed by atoms with E-state index in [0.29, 0.717) is 6.42 Å². The molecule has 0 aromatic heterocycles. The Balaban J connectivity index is 1.90. The number of nitrogens with zero attached hydrogens (tertiary/aromatic N) is 1. The normalized spacial score (nSPS) is 15.5. The number of benzene rings is 1. The zero-order valence-electron chi connectivity index (χ0n) is 17.4. The van der Waals surface area contributed by atoms with Crippen LogP contribution in [0.3, 0.4) is 0 Å². The predicted molar refractivity (Wildman–Crippen MR) is 108 cm³/mol. The van der Waals surface area contributed by atoms with E-state index in [1.807, 2.05) is 0 Å². The second-order valence-electron chi connectivity index (χ2n) is 7.74. The number of sulfonamides is 1. The molecule has 0 saturated carbocycles. The summed E-state index contributed by atoms with van der Waals surface area (Å²) in [4.78, 5) is 23.2. The Kier molecular flexibility index (Phi) is 8.16. The van der Waals surface area contributed by atoms with Crippen LogP contribution in [0.2, 0.25) is 0 Å². The van der Waals surface area contributed by atoms with Gasteiger partial charge in [-0.1, -0.05) is 0 Å². The molecule has 1 saturated heterocycles. The third-order valence-corrected chi connectivity index (χ3v) is 5.97. The van der Waals surface area contributed by atoms with Crippen LogP contribution in [0.4, 0.5) is 14.9 Å². The summed E-state index contributed by atoms with van der Waals surface area (Å²) in [6, 6.07) is 3.41. The van der Waals surface area contributed by atoms with Gasteiger partial charge in [-0.25, -0.2) is 17.6 Å². The maximum absolute atomic E-state index is 14.2. The Labute approximate surface area is 176 Å². The molecule has 1 aliphatic heterocycles. The Morgan fingerprint density at radius 1 is 1.23 bits per heavy atom. The van der Waals surface area contributed by atoms with Crippen LogP contribution in [0, 0.1) is 5.82 Å². The maximum Gasteiger partial charge on any atom is 0.407 e. The molecule has 11 heteroatoms. The molecule has 1 aromatic carbocycles. The molecule has 2 amide bonds. The fourth-order valence-corrected chi connectivity index (χ4v) is 4.18. The van der Waals surface area contributed by atoms with Crippen molar-refractivity contribution in [2.75, 3.05) is 38.2 Å². The Hall–Kier alpha value is -2.24. The molecule has 1 aliphatic rings. The quantitative estimate of drug-likeness (QED) is 0.621. The van der Waals surface area contributed by atoms with Crippen LogP contribution in [0.5, 0.6) is 0 Å². The van der Waals surface area contributed by atoms with E-state index in [0.717, 1.165) is 16.4 Å². The molecule has 2 rings (SSSR count). The number of morpholine rings is 1. The highest BCUT2D eigenvalue weighted by molar-refractivity contribution is 7.89. The number of halogens is 1. The highest BCUT2D eigenvalue weighted by Gasteiger charge is 2.29. The van der Waals surface area contributed by atoms with Crippen LogP contribution in [0.1, 0.15) is 33.6 Å². The highest BCUT2D eigenvalue weighted by atomic mass is 32.2. The van der Waals surface area contributed by atoms with Crippen molar-refractivity contribution in [1.29, 1.82) is 0 Å². The second-order valence-corrected chi connectivity index (χ2v) is 9.65. The molecular weight excluding hydrogens is 417 g/mol. The molecular formula is C19H28FN3O6S. The second kappa shape index (κ2) is 10.2. The molecule has 0 unspecified atom stereocenters. The van der Waals surface area contributed by atoms with Crippen molar-refractivity contribution in [3.63, 3.8) is 0 Å². The van der Waals surface area contributed by atoms with Crippen LogP contribution in [-0.4, -0.2) is 63.2 Å². The molecule has 0 aliphatic carbocycles. The van der Waals surface area contributed by atoms with Crippen molar-refractivity contribution in [3.8, 4) is 0 Å². The van der Waals surface area contributed by atoms with Crippen molar-refractivity contribution in [2.45, 2.75) is 44.1 Å². The molecule has 2 N–H and O–H groups in total. The molecule has 1 aromatic rings. The van der Waals surface area contributed by atoms with E-state index in [9.17, 15) is 22.4 Å². The Bertz CT molecular complexity index is 864. The number of rotatable bonds is 7. The first-order valence-corrected chi connectivity index (χ1v) is 11.1. The van der Waals surface area contributed by atoms with Gasteiger partial charge in [0.25, 0.3) is 0 Å². The van der Waals surface area contributed by atoms with Gasteiger partial charge < -0.3 is 20.1 Å². The number of hydrogen-bond donors (Lipinski definition) is 2. The largest absolute Gasteiger partial charge is 0.444 e. The average Bonchev–Trinajstić information content (AvgIpc) is 2.66. The van der Waals surface area contributed by atoms with Crippen LogP contribution >= 0.6 is 0 Å². The summed E-state index contributed by atoms with van der Waals surface area (Å²) in [7, 11) is -4.03. The number of ether oxygens (including phenoxy) is 2. The van der Waals surface area contributed by atoms with E-state index in [2.05, 4.69) is 10.6 Å². The molecule has 0 bridgehead atoms. The number of anilines is 1. The Morgan fingerprint density at radius 2 is 1.90 bits per heavy atom. The lowest BCUT2D eigenvalue weighted by Gasteiger charge is -2.26. The van der Waals surface area contributed by atoms with Crippen molar-refractivity contribution < 1.29 is 31.9 Å².